The molecular weight excluding hydrogens is 246 g/mol. The molecule has 0 N–H and O–H groups in total. The van der Waals surface area contributed by atoms with E-state index in [-0.39, 0.29) is 5.91 Å². The molecule has 0 fully saturated rings. The minimum absolute atomic E-state index is 0.0767. The summed E-state index contributed by atoms with van der Waals surface area (Å²) in [6.45, 7) is 0. The monoisotopic (exact) mass is 273 g/mol. The number of likely N-dealkylation sites (N-methyl/N-ethyl adjacent to an activating group) is 1. The van der Waals surface area contributed by atoms with E-state index in [4.69, 9.17) is 0 Å². The molecule has 1 rings (SSSR count). The molecule has 0 bridgehead atoms. The fourth-order valence-electron chi connectivity index (χ4n) is 2.10. The van der Waals surface area contributed by atoms with Crippen LogP contribution in [0.5, 0.6) is 0 Å². The maximum Gasteiger partial charge on any atom is 0.245 e. The third kappa shape index (κ3) is 7.78. The van der Waals surface area contributed by atoms with Crippen molar-refractivity contribution < 1.29 is 4.79 Å². The number of hydrogen-bond acceptors (Lipinski definition) is 1. The van der Waals surface area contributed by atoms with Crippen molar-refractivity contribution in [3.05, 3.63) is 48.0 Å². The molecule has 0 heterocycles. The van der Waals surface area contributed by atoms with E-state index in [1.54, 1.807) is 25.1 Å². The van der Waals surface area contributed by atoms with E-state index >= 15 is 0 Å². The Bertz CT molecular complexity index is 395. The van der Waals surface area contributed by atoms with Gasteiger partial charge in [0, 0.05) is 14.1 Å². The van der Waals surface area contributed by atoms with Gasteiger partial charge in [-0.25, -0.2) is 0 Å². The van der Waals surface area contributed by atoms with Crippen LogP contribution in [-0.2, 0) is 11.2 Å². The van der Waals surface area contributed by atoms with E-state index < -0.39 is 0 Å². The van der Waals surface area contributed by atoms with Gasteiger partial charge in [-0.3, -0.25) is 4.79 Å². The summed E-state index contributed by atoms with van der Waals surface area (Å²) in [6, 6.07) is 10.7. The SMILES string of the molecule is CN(C)C(=O)C=CCCCCCCCc1ccccc1. The van der Waals surface area contributed by atoms with Crippen molar-refractivity contribution in [2.24, 2.45) is 0 Å². The zero-order valence-electron chi connectivity index (χ0n) is 12.8. The third-order valence-electron chi connectivity index (χ3n) is 3.38. The van der Waals surface area contributed by atoms with Gasteiger partial charge in [0.05, 0.1) is 0 Å². The highest BCUT2D eigenvalue weighted by molar-refractivity contribution is 5.86. The Morgan fingerprint density at radius 3 is 2.35 bits per heavy atom. The number of aryl methyl sites for hydroxylation is 1. The number of allylic oxidation sites excluding steroid dienone is 1. The smallest absolute Gasteiger partial charge is 0.245 e. The van der Waals surface area contributed by atoms with Crippen LogP contribution in [0.2, 0.25) is 0 Å². The summed E-state index contributed by atoms with van der Waals surface area (Å²) in [5, 5.41) is 0. The first-order chi connectivity index (χ1) is 9.70. The molecule has 0 radical (unpaired) electrons. The Labute approximate surface area is 123 Å². The molecule has 20 heavy (non-hydrogen) atoms. The third-order valence-corrected chi connectivity index (χ3v) is 3.38. The first-order valence-electron chi connectivity index (χ1n) is 7.62. The normalized spacial score (nSPS) is 10.9. The van der Waals surface area contributed by atoms with Crippen LogP contribution in [0.3, 0.4) is 0 Å². The fraction of sp³-hybridized carbons (Fsp3) is 0.500. The van der Waals surface area contributed by atoms with Crippen molar-refractivity contribution in [2.45, 2.75) is 44.9 Å². The molecular formula is C18H27NO. The minimum Gasteiger partial charge on any atom is -0.345 e. The molecule has 110 valence electrons. The van der Waals surface area contributed by atoms with Crippen LogP contribution >= 0.6 is 0 Å². The molecule has 2 heteroatoms. The second-order valence-electron chi connectivity index (χ2n) is 5.43. The molecule has 1 aromatic carbocycles. The van der Waals surface area contributed by atoms with Crippen molar-refractivity contribution >= 4 is 5.91 Å². The number of benzene rings is 1. The molecule has 0 aromatic heterocycles. The predicted octanol–water partition coefficient (Wildman–Crippen LogP) is 4.21. The van der Waals surface area contributed by atoms with Gasteiger partial charge in [-0.1, -0.05) is 55.7 Å². The van der Waals surface area contributed by atoms with Crippen molar-refractivity contribution in [1.82, 2.24) is 4.90 Å². The van der Waals surface area contributed by atoms with Gasteiger partial charge in [0.2, 0.25) is 5.91 Å². The summed E-state index contributed by atoms with van der Waals surface area (Å²) in [6.07, 6.45) is 12.2. The Balaban J connectivity index is 1.94. The molecule has 0 atom stereocenters. The van der Waals surface area contributed by atoms with E-state index in [9.17, 15) is 4.79 Å². The van der Waals surface area contributed by atoms with Crippen molar-refractivity contribution in [3.63, 3.8) is 0 Å². The van der Waals surface area contributed by atoms with Crippen LogP contribution in [0.25, 0.3) is 0 Å². The number of rotatable bonds is 9. The average Bonchev–Trinajstić information content (AvgIpc) is 2.46. The molecule has 0 aliphatic heterocycles. The lowest BCUT2D eigenvalue weighted by molar-refractivity contribution is -0.123. The highest BCUT2D eigenvalue weighted by Crippen LogP contribution is 2.09. The number of carbonyl (C=O) groups is 1. The van der Waals surface area contributed by atoms with Crippen molar-refractivity contribution in [3.8, 4) is 0 Å². The Hall–Kier alpha value is -1.57. The lowest BCUT2D eigenvalue weighted by Gasteiger charge is -2.05. The average molecular weight is 273 g/mol. The summed E-state index contributed by atoms with van der Waals surface area (Å²) in [5.74, 6) is 0.0767. The van der Waals surface area contributed by atoms with Crippen molar-refractivity contribution in [1.29, 1.82) is 0 Å². The van der Waals surface area contributed by atoms with Gasteiger partial charge in [-0.2, -0.15) is 0 Å². The molecule has 2 nitrogen and oxygen atoms in total. The number of amides is 1. The van der Waals surface area contributed by atoms with Gasteiger partial charge in [-0.05, 0) is 37.3 Å². The summed E-state index contributed by atoms with van der Waals surface area (Å²) < 4.78 is 0. The number of unbranched alkanes of at least 4 members (excludes halogenated alkanes) is 5. The van der Waals surface area contributed by atoms with Crippen LogP contribution < -0.4 is 0 Å². The quantitative estimate of drug-likeness (QED) is 0.487. The van der Waals surface area contributed by atoms with E-state index in [1.807, 2.05) is 6.08 Å². The van der Waals surface area contributed by atoms with E-state index in [2.05, 4.69) is 30.3 Å². The minimum atomic E-state index is 0.0767. The van der Waals surface area contributed by atoms with Gasteiger partial charge in [0.15, 0.2) is 0 Å². The number of nitrogens with zero attached hydrogens (tertiary/aromatic N) is 1. The second kappa shape index (κ2) is 10.2. The summed E-state index contributed by atoms with van der Waals surface area (Å²) in [5.41, 5.74) is 1.44. The van der Waals surface area contributed by atoms with Crippen LogP contribution in [-0.4, -0.2) is 24.9 Å². The molecule has 0 aliphatic carbocycles. The standard InChI is InChI=1S/C18H27NO/c1-19(2)18(20)16-12-7-5-3-4-6-9-13-17-14-10-8-11-15-17/h8,10-12,14-16H,3-7,9,13H2,1-2H3. The lowest BCUT2D eigenvalue weighted by Crippen LogP contribution is -2.18. The number of carbonyl (C=O) groups excluding carboxylic acids is 1. The maximum atomic E-state index is 11.3. The first kappa shape index (κ1) is 16.5. The van der Waals surface area contributed by atoms with Crippen molar-refractivity contribution in [2.75, 3.05) is 14.1 Å². The maximum absolute atomic E-state index is 11.3. The zero-order valence-corrected chi connectivity index (χ0v) is 12.8. The molecule has 0 saturated carbocycles. The molecule has 1 amide bonds. The van der Waals surface area contributed by atoms with Gasteiger partial charge in [-0.15, -0.1) is 0 Å². The van der Waals surface area contributed by atoms with E-state index in [0.717, 1.165) is 6.42 Å². The summed E-state index contributed by atoms with van der Waals surface area (Å²) >= 11 is 0. The van der Waals surface area contributed by atoms with E-state index in [0.29, 0.717) is 0 Å². The summed E-state index contributed by atoms with van der Waals surface area (Å²) in [7, 11) is 3.55. The molecule has 0 saturated heterocycles. The second-order valence-corrected chi connectivity index (χ2v) is 5.43. The highest BCUT2D eigenvalue weighted by Gasteiger charge is 1.96. The first-order valence-corrected chi connectivity index (χ1v) is 7.62. The largest absolute Gasteiger partial charge is 0.345 e. The topological polar surface area (TPSA) is 20.3 Å². The van der Waals surface area contributed by atoms with E-state index in [1.165, 1.54) is 44.1 Å². The van der Waals surface area contributed by atoms with Gasteiger partial charge in [0.25, 0.3) is 0 Å². The Morgan fingerprint density at radius 2 is 1.65 bits per heavy atom. The van der Waals surface area contributed by atoms with Crippen LogP contribution in [0.15, 0.2) is 42.5 Å². The molecule has 0 unspecified atom stereocenters. The zero-order chi connectivity index (χ0) is 14.6. The van der Waals surface area contributed by atoms with Gasteiger partial charge >= 0.3 is 0 Å². The van der Waals surface area contributed by atoms with Gasteiger partial charge in [0.1, 0.15) is 0 Å². The predicted molar refractivity (Wildman–Crippen MR) is 85.7 cm³/mol. The number of hydrogen-bond donors (Lipinski definition) is 0. The summed E-state index contributed by atoms with van der Waals surface area (Å²) in [4.78, 5) is 12.9. The van der Waals surface area contributed by atoms with Gasteiger partial charge < -0.3 is 4.90 Å². The molecule has 0 aliphatic rings. The van der Waals surface area contributed by atoms with Crippen LogP contribution in [0.4, 0.5) is 0 Å². The van der Waals surface area contributed by atoms with Crippen LogP contribution in [0, 0.1) is 0 Å². The molecule has 1 aromatic rings. The lowest BCUT2D eigenvalue weighted by atomic mass is 10.0. The Kier molecular flexibility index (Phi) is 8.44. The highest BCUT2D eigenvalue weighted by atomic mass is 16.2. The fourth-order valence-corrected chi connectivity index (χ4v) is 2.10. The Morgan fingerprint density at radius 1 is 1.00 bits per heavy atom. The molecule has 0 spiro atoms. The van der Waals surface area contributed by atoms with Crippen LogP contribution in [0.1, 0.15) is 44.1 Å².